The van der Waals surface area contributed by atoms with Crippen molar-refractivity contribution in [3.63, 3.8) is 0 Å². The fourth-order valence-corrected chi connectivity index (χ4v) is 2.97. The van der Waals surface area contributed by atoms with Gasteiger partial charge in [-0.05, 0) is 30.8 Å². The summed E-state index contributed by atoms with van der Waals surface area (Å²) in [6.07, 6.45) is 6.59. The summed E-state index contributed by atoms with van der Waals surface area (Å²) in [5.74, 6) is 5.89. The first-order chi connectivity index (χ1) is 6.27. The van der Waals surface area contributed by atoms with E-state index in [1.54, 1.807) is 0 Å². The molecule has 13 heavy (non-hydrogen) atoms. The zero-order chi connectivity index (χ0) is 9.68. The first kappa shape index (κ1) is 10.9. The summed E-state index contributed by atoms with van der Waals surface area (Å²) >= 11 is 2.01. The molecule has 1 rings (SSSR count). The second-order valence-corrected chi connectivity index (χ2v) is 4.67. The van der Waals surface area contributed by atoms with Gasteiger partial charge in [-0.15, -0.1) is 6.42 Å². The van der Waals surface area contributed by atoms with E-state index in [1.165, 1.54) is 17.9 Å². The second-order valence-electron chi connectivity index (χ2n) is 3.52. The van der Waals surface area contributed by atoms with Crippen LogP contribution in [-0.2, 0) is 0 Å². The van der Waals surface area contributed by atoms with E-state index in [1.807, 2.05) is 18.7 Å². The third-order valence-electron chi connectivity index (χ3n) is 2.50. The van der Waals surface area contributed by atoms with E-state index in [0.717, 1.165) is 0 Å². The third-order valence-corrected chi connectivity index (χ3v) is 3.69. The van der Waals surface area contributed by atoms with Crippen LogP contribution in [0.3, 0.4) is 0 Å². The summed E-state index contributed by atoms with van der Waals surface area (Å²) in [6, 6.07) is 0.542. The third kappa shape index (κ3) is 3.22. The summed E-state index contributed by atoms with van der Waals surface area (Å²) in [7, 11) is 0. The van der Waals surface area contributed by atoms with Crippen molar-refractivity contribution >= 4 is 11.8 Å². The van der Waals surface area contributed by atoms with Crippen molar-refractivity contribution in [3.8, 4) is 12.3 Å². The Morgan fingerprint density at radius 2 is 2.54 bits per heavy atom. The molecule has 1 aliphatic heterocycles. The van der Waals surface area contributed by atoms with Crippen molar-refractivity contribution in [1.29, 1.82) is 0 Å². The average molecular weight is 198 g/mol. The summed E-state index contributed by atoms with van der Waals surface area (Å²) in [6.45, 7) is 2.70. The van der Waals surface area contributed by atoms with Crippen LogP contribution in [-0.4, -0.2) is 30.1 Å². The van der Waals surface area contributed by atoms with E-state index in [-0.39, 0.29) is 6.04 Å². The first-order valence-corrected chi connectivity index (χ1v) is 5.93. The van der Waals surface area contributed by atoms with Crippen molar-refractivity contribution < 1.29 is 0 Å². The summed E-state index contributed by atoms with van der Waals surface area (Å²) < 4.78 is 0. The standard InChI is InChI=1S/C10H18N2S/c1-3-8(2)12-10(6-11)9-4-5-13-7-9/h1,8-10,12H,4-7,11H2,2H3. The Morgan fingerprint density at radius 1 is 1.77 bits per heavy atom. The van der Waals surface area contributed by atoms with Gasteiger partial charge in [0.05, 0.1) is 6.04 Å². The highest BCUT2D eigenvalue weighted by molar-refractivity contribution is 7.99. The molecule has 3 N–H and O–H groups in total. The van der Waals surface area contributed by atoms with Crippen LogP contribution in [0.2, 0.25) is 0 Å². The van der Waals surface area contributed by atoms with Gasteiger partial charge in [0.25, 0.3) is 0 Å². The monoisotopic (exact) mass is 198 g/mol. The zero-order valence-electron chi connectivity index (χ0n) is 8.12. The van der Waals surface area contributed by atoms with Gasteiger partial charge in [-0.2, -0.15) is 11.8 Å². The van der Waals surface area contributed by atoms with Crippen LogP contribution < -0.4 is 11.1 Å². The maximum atomic E-state index is 5.72. The molecule has 0 aliphatic carbocycles. The van der Waals surface area contributed by atoms with Crippen LogP contribution in [0.4, 0.5) is 0 Å². The molecule has 0 radical (unpaired) electrons. The molecular formula is C10H18N2S. The van der Waals surface area contributed by atoms with E-state index in [0.29, 0.717) is 18.5 Å². The summed E-state index contributed by atoms with van der Waals surface area (Å²) in [4.78, 5) is 0. The number of nitrogens with one attached hydrogen (secondary N) is 1. The van der Waals surface area contributed by atoms with Crippen molar-refractivity contribution in [2.45, 2.75) is 25.4 Å². The molecule has 1 aliphatic rings. The molecule has 2 nitrogen and oxygen atoms in total. The molecule has 0 aromatic carbocycles. The molecule has 1 heterocycles. The Labute approximate surface area is 85.0 Å². The fraction of sp³-hybridized carbons (Fsp3) is 0.800. The molecule has 1 saturated heterocycles. The number of terminal acetylenes is 1. The Bertz CT molecular complexity index is 182. The minimum absolute atomic E-state index is 0.138. The molecule has 3 atom stereocenters. The Kier molecular flexibility index (Phi) is 4.65. The molecule has 1 fully saturated rings. The first-order valence-electron chi connectivity index (χ1n) is 4.78. The number of nitrogens with two attached hydrogens (primary N) is 1. The van der Waals surface area contributed by atoms with Crippen molar-refractivity contribution in [3.05, 3.63) is 0 Å². The van der Waals surface area contributed by atoms with Crippen LogP contribution in [0.15, 0.2) is 0 Å². The highest BCUT2D eigenvalue weighted by atomic mass is 32.2. The van der Waals surface area contributed by atoms with Gasteiger partial charge >= 0.3 is 0 Å². The predicted octanol–water partition coefficient (Wildman–Crippen LogP) is 0.678. The molecule has 3 unspecified atom stereocenters. The summed E-state index contributed by atoms with van der Waals surface area (Å²) in [5, 5.41) is 3.38. The van der Waals surface area contributed by atoms with E-state index >= 15 is 0 Å². The largest absolute Gasteiger partial charge is 0.329 e. The van der Waals surface area contributed by atoms with E-state index < -0.39 is 0 Å². The van der Waals surface area contributed by atoms with Crippen LogP contribution in [0.25, 0.3) is 0 Å². The Morgan fingerprint density at radius 3 is 3.00 bits per heavy atom. The van der Waals surface area contributed by atoms with Crippen LogP contribution in [0, 0.1) is 18.3 Å². The van der Waals surface area contributed by atoms with Gasteiger partial charge < -0.3 is 5.73 Å². The zero-order valence-corrected chi connectivity index (χ0v) is 8.94. The highest BCUT2D eigenvalue weighted by Gasteiger charge is 2.24. The maximum absolute atomic E-state index is 5.72. The van der Waals surface area contributed by atoms with E-state index in [2.05, 4.69) is 11.2 Å². The second kappa shape index (κ2) is 5.54. The topological polar surface area (TPSA) is 38.0 Å². The van der Waals surface area contributed by atoms with Gasteiger partial charge in [-0.25, -0.2) is 0 Å². The lowest BCUT2D eigenvalue weighted by Gasteiger charge is -2.24. The lowest BCUT2D eigenvalue weighted by Crippen LogP contribution is -2.46. The highest BCUT2D eigenvalue weighted by Crippen LogP contribution is 2.25. The molecule has 0 aromatic heterocycles. The number of hydrogen-bond acceptors (Lipinski definition) is 3. The molecule has 0 saturated carbocycles. The van der Waals surface area contributed by atoms with Crippen molar-refractivity contribution in [2.24, 2.45) is 11.7 Å². The van der Waals surface area contributed by atoms with Crippen molar-refractivity contribution in [2.75, 3.05) is 18.1 Å². The van der Waals surface area contributed by atoms with Gasteiger partial charge in [0.2, 0.25) is 0 Å². The molecular weight excluding hydrogens is 180 g/mol. The maximum Gasteiger partial charge on any atom is 0.0660 e. The number of rotatable bonds is 4. The van der Waals surface area contributed by atoms with E-state index in [4.69, 9.17) is 12.2 Å². The van der Waals surface area contributed by atoms with Gasteiger partial charge in [-0.1, -0.05) is 5.92 Å². The normalized spacial score (nSPS) is 26.7. The molecule has 0 spiro atoms. The van der Waals surface area contributed by atoms with E-state index in [9.17, 15) is 0 Å². The van der Waals surface area contributed by atoms with Crippen LogP contribution in [0.5, 0.6) is 0 Å². The molecule has 0 amide bonds. The van der Waals surface area contributed by atoms with Gasteiger partial charge in [0, 0.05) is 12.6 Å². The lowest BCUT2D eigenvalue weighted by atomic mass is 9.98. The minimum atomic E-state index is 0.138. The lowest BCUT2D eigenvalue weighted by molar-refractivity contribution is 0.378. The van der Waals surface area contributed by atoms with Gasteiger partial charge in [0.15, 0.2) is 0 Å². The molecule has 3 heteroatoms. The quantitative estimate of drug-likeness (QED) is 0.652. The Hall–Kier alpha value is -0.170. The SMILES string of the molecule is C#CC(C)NC(CN)C1CCSC1. The molecule has 74 valence electrons. The smallest absolute Gasteiger partial charge is 0.0660 e. The fourth-order valence-electron chi connectivity index (χ4n) is 1.64. The van der Waals surface area contributed by atoms with Gasteiger partial charge in [-0.3, -0.25) is 5.32 Å². The summed E-state index contributed by atoms with van der Waals surface area (Å²) in [5.41, 5.74) is 5.72. The van der Waals surface area contributed by atoms with Crippen LogP contribution in [0.1, 0.15) is 13.3 Å². The molecule has 0 bridgehead atoms. The average Bonchev–Trinajstić information content (AvgIpc) is 2.66. The molecule has 0 aromatic rings. The Balaban J connectivity index is 2.38. The van der Waals surface area contributed by atoms with Crippen LogP contribution >= 0.6 is 11.8 Å². The predicted molar refractivity (Wildman–Crippen MR) is 59.7 cm³/mol. The van der Waals surface area contributed by atoms with Crippen molar-refractivity contribution in [1.82, 2.24) is 5.32 Å². The number of hydrogen-bond donors (Lipinski definition) is 2. The number of thioether (sulfide) groups is 1. The minimum Gasteiger partial charge on any atom is -0.329 e. The van der Waals surface area contributed by atoms with Gasteiger partial charge in [0.1, 0.15) is 0 Å².